The van der Waals surface area contributed by atoms with Crippen molar-refractivity contribution in [2.24, 2.45) is 0 Å². The highest BCUT2D eigenvalue weighted by Gasteiger charge is 2.15. The summed E-state index contributed by atoms with van der Waals surface area (Å²) in [6.07, 6.45) is 1.61. The van der Waals surface area contributed by atoms with Gasteiger partial charge >= 0.3 is 0 Å². The summed E-state index contributed by atoms with van der Waals surface area (Å²) in [4.78, 5) is 22.9. The lowest BCUT2D eigenvalue weighted by Crippen LogP contribution is -2.27. The highest BCUT2D eigenvalue weighted by atomic mass is 16.7. The number of anilines is 1. The number of hydrogen-bond donors (Lipinski definition) is 1. The number of ether oxygens (including phenoxy) is 2. The molecule has 7 nitrogen and oxygen atoms in total. The van der Waals surface area contributed by atoms with E-state index in [-0.39, 0.29) is 12.7 Å². The summed E-state index contributed by atoms with van der Waals surface area (Å²) >= 11 is 0. The van der Waals surface area contributed by atoms with Gasteiger partial charge in [-0.25, -0.2) is 9.97 Å². The van der Waals surface area contributed by atoms with E-state index in [0.29, 0.717) is 23.9 Å². The number of nitrogens with one attached hydrogen (secondary N) is 1. The van der Waals surface area contributed by atoms with Crippen LogP contribution in [-0.2, 0) is 6.54 Å². The Morgan fingerprint density at radius 2 is 2.00 bits per heavy atom. The largest absolute Gasteiger partial charge is 0.454 e. The van der Waals surface area contributed by atoms with Gasteiger partial charge in [-0.15, -0.1) is 0 Å². The number of rotatable bonds is 6. The molecule has 1 aromatic carbocycles. The topological polar surface area (TPSA) is 76.6 Å². The molecule has 126 valence electrons. The quantitative estimate of drug-likeness (QED) is 0.874. The number of aromatic nitrogens is 2. The van der Waals surface area contributed by atoms with E-state index >= 15 is 0 Å². The second-order valence-electron chi connectivity index (χ2n) is 5.28. The van der Waals surface area contributed by atoms with Crippen molar-refractivity contribution >= 4 is 11.9 Å². The van der Waals surface area contributed by atoms with Crippen LogP contribution in [0.5, 0.6) is 11.5 Å². The van der Waals surface area contributed by atoms with Gasteiger partial charge < -0.3 is 19.7 Å². The summed E-state index contributed by atoms with van der Waals surface area (Å²) in [5.41, 5.74) is 1.29. The maximum atomic E-state index is 12.3. The lowest BCUT2D eigenvalue weighted by Gasteiger charge is -2.18. The van der Waals surface area contributed by atoms with E-state index in [4.69, 9.17) is 9.47 Å². The first-order chi connectivity index (χ1) is 11.7. The monoisotopic (exact) mass is 328 g/mol. The molecule has 7 heteroatoms. The van der Waals surface area contributed by atoms with Crippen LogP contribution < -0.4 is 19.7 Å². The summed E-state index contributed by atoms with van der Waals surface area (Å²) in [5, 5.41) is 2.86. The van der Waals surface area contributed by atoms with Crippen LogP contribution in [0.4, 0.5) is 5.95 Å². The van der Waals surface area contributed by atoms with Crippen molar-refractivity contribution in [2.75, 3.05) is 24.8 Å². The average molecular weight is 328 g/mol. The zero-order chi connectivity index (χ0) is 16.9. The van der Waals surface area contributed by atoms with Gasteiger partial charge in [0.05, 0.1) is 0 Å². The Labute approximate surface area is 140 Å². The number of fused-ring (bicyclic) bond motifs is 1. The molecular formula is C17H20N4O3. The molecule has 0 saturated heterocycles. The predicted octanol–water partition coefficient (Wildman–Crippen LogP) is 1.98. The molecular weight excluding hydrogens is 308 g/mol. The Hall–Kier alpha value is -2.83. The Morgan fingerprint density at radius 3 is 2.79 bits per heavy atom. The van der Waals surface area contributed by atoms with Gasteiger partial charge in [0, 0.05) is 25.8 Å². The van der Waals surface area contributed by atoms with Crippen LogP contribution >= 0.6 is 0 Å². The molecule has 0 bridgehead atoms. The third-order valence-corrected chi connectivity index (χ3v) is 3.81. The van der Waals surface area contributed by atoms with Crippen LogP contribution in [0, 0.1) is 0 Å². The van der Waals surface area contributed by atoms with Gasteiger partial charge in [0.15, 0.2) is 11.5 Å². The van der Waals surface area contributed by atoms with Crippen LogP contribution in [0.25, 0.3) is 0 Å². The first kappa shape index (κ1) is 16.0. The number of carbonyl (C=O) groups is 1. The lowest BCUT2D eigenvalue weighted by molar-refractivity contribution is 0.0945. The summed E-state index contributed by atoms with van der Waals surface area (Å²) in [6.45, 7) is 6.26. The van der Waals surface area contributed by atoms with Crippen LogP contribution in [-0.4, -0.2) is 35.8 Å². The number of benzene rings is 1. The molecule has 2 heterocycles. The van der Waals surface area contributed by atoms with Gasteiger partial charge in [-0.1, -0.05) is 6.07 Å². The normalized spacial score (nSPS) is 12.1. The Morgan fingerprint density at radius 1 is 1.21 bits per heavy atom. The number of nitrogens with zero attached hydrogens (tertiary/aromatic N) is 3. The number of carbonyl (C=O) groups excluding carboxylic acids is 1. The molecule has 0 fully saturated rings. The molecule has 2 aromatic rings. The van der Waals surface area contributed by atoms with Crippen LogP contribution in [0.2, 0.25) is 0 Å². The van der Waals surface area contributed by atoms with Crippen molar-refractivity contribution in [3.05, 3.63) is 41.7 Å². The first-order valence-electron chi connectivity index (χ1n) is 7.96. The van der Waals surface area contributed by atoms with E-state index < -0.39 is 0 Å². The van der Waals surface area contributed by atoms with Gasteiger partial charge in [-0.3, -0.25) is 4.79 Å². The van der Waals surface area contributed by atoms with Crippen molar-refractivity contribution in [3.8, 4) is 11.5 Å². The second-order valence-corrected chi connectivity index (χ2v) is 5.28. The lowest BCUT2D eigenvalue weighted by atomic mass is 10.2. The minimum atomic E-state index is -0.233. The molecule has 0 saturated carbocycles. The highest BCUT2D eigenvalue weighted by molar-refractivity contribution is 5.92. The van der Waals surface area contributed by atoms with Crippen LogP contribution in [0.15, 0.2) is 30.5 Å². The maximum absolute atomic E-state index is 12.3. The second kappa shape index (κ2) is 7.16. The fourth-order valence-corrected chi connectivity index (χ4v) is 2.46. The van der Waals surface area contributed by atoms with Crippen LogP contribution in [0.3, 0.4) is 0 Å². The molecule has 1 aliphatic rings. The van der Waals surface area contributed by atoms with E-state index in [1.54, 1.807) is 12.3 Å². The third kappa shape index (κ3) is 3.40. The summed E-state index contributed by atoms with van der Waals surface area (Å²) in [6, 6.07) is 7.22. The van der Waals surface area contributed by atoms with E-state index in [1.807, 2.05) is 36.9 Å². The number of amides is 1. The van der Waals surface area contributed by atoms with Crippen LogP contribution in [0.1, 0.15) is 29.9 Å². The molecule has 0 radical (unpaired) electrons. The van der Waals surface area contributed by atoms with Crippen molar-refractivity contribution in [3.63, 3.8) is 0 Å². The van der Waals surface area contributed by atoms with E-state index in [2.05, 4.69) is 15.3 Å². The third-order valence-electron chi connectivity index (χ3n) is 3.81. The average Bonchev–Trinajstić information content (AvgIpc) is 3.09. The summed E-state index contributed by atoms with van der Waals surface area (Å²) < 4.78 is 10.6. The molecule has 1 amide bonds. The van der Waals surface area contributed by atoms with E-state index in [9.17, 15) is 4.79 Å². The molecule has 0 aliphatic carbocycles. The van der Waals surface area contributed by atoms with Crippen molar-refractivity contribution in [1.82, 2.24) is 15.3 Å². The van der Waals surface area contributed by atoms with Crippen molar-refractivity contribution in [1.29, 1.82) is 0 Å². The van der Waals surface area contributed by atoms with Crippen molar-refractivity contribution in [2.45, 2.75) is 20.4 Å². The molecule has 0 atom stereocenters. The van der Waals surface area contributed by atoms with Gasteiger partial charge in [0.25, 0.3) is 5.91 Å². The minimum Gasteiger partial charge on any atom is -0.454 e. The standard InChI is InChI=1S/C17H20N4O3/c1-3-21(4-2)17-18-8-7-13(20-17)16(22)19-10-12-5-6-14-15(9-12)24-11-23-14/h5-9H,3-4,10-11H2,1-2H3,(H,19,22). The summed E-state index contributed by atoms with van der Waals surface area (Å²) in [7, 11) is 0. The molecule has 0 spiro atoms. The Bertz CT molecular complexity index is 732. The van der Waals surface area contributed by atoms with Gasteiger partial charge in [-0.2, -0.15) is 0 Å². The molecule has 1 aromatic heterocycles. The Balaban J connectivity index is 1.66. The van der Waals surface area contributed by atoms with Gasteiger partial charge in [0.1, 0.15) is 5.69 Å². The van der Waals surface area contributed by atoms with E-state index in [0.717, 1.165) is 24.4 Å². The SMILES string of the molecule is CCN(CC)c1nccc(C(=O)NCc2ccc3c(c2)OCO3)n1. The van der Waals surface area contributed by atoms with E-state index in [1.165, 1.54) is 0 Å². The zero-order valence-electron chi connectivity index (χ0n) is 13.8. The molecule has 24 heavy (non-hydrogen) atoms. The molecule has 1 N–H and O–H groups in total. The minimum absolute atomic E-state index is 0.233. The Kier molecular flexibility index (Phi) is 4.79. The zero-order valence-corrected chi connectivity index (χ0v) is 13.8. The van der Waals surface area contributed by atoms with Gasteiger partial charge in [0.2, 0.25) is 12.7 Å². The fourth-order valence-electron chi connectivity index (χ4n) is 2.46. The molecule has 1 aliphatic heterocycles. The summed E-state index contributed by atoms with van der Waals surface area (Å²) in [5.74, 6) is 1.76. The smallest absolute Gasteiger partial charge is 0.270 e. The maximum Gasteiger partial charge on any atom is 0.270 e. The van der Waals surface area contributed by atoms with Gasteiger partial charge in [-0.05, 0) is 37.6 Å². The predicted molar refractivity (Wildman–Crippen MR) is 89.3 cm³/mol. The highest BCUT2D eigenvalue weighted by Crippen LogP contribution is 2.32. The number of hydrogen-bond acceptors (Lipinski definition) is 6. The van der Waals surface area contributed by atoms with Crippen molar-refractivity contribution < 1.29 is 14.3 Å². The molecule has 3 rings (SSSR count). The molecule has 0 unspecified atom stereocenters. The fraction of sp³-hybridized carbons (Fsp3) is 0.353. The first-order valence-corrected chi connectivity index (χ1v) is 7.96.